The molecule has 4 rings (SSSR count). The molecule has 4 aromatic rings. The first-order valence-electron chi connectivity index (χ1n) is 8.52. The lowest BCUT2D eigenvalue weighted by atomic mass is 10.2. The molecule has 0 spiro atoms. The lowest BCUT2D eigenvalue weighted by molar-refractivity contribution is -0.255. The molecule has 0 aliphatic rings. The van der Waals surface area contributed by atoms with Gasteiger partial charge in [0, 0.05) is 4.90 Å². The molecule has 0 aliphatic carbocycles. The minimum atomic E-state index is -4.07. The number of carboxylic acid groups (broad SMARTS) is 1. The van der Waals surface area contributed by atoms with Crippen LogP contribution in [0.5, 0.6) is 5.75 Å². The van der Waals surface area contributed by atoms with Crippen molar-refractivity contribution in [1.82, 2.24) is 4.98 Å². The second kappa shape index (κ2) is 7.98. The molecule has 0 unspecified atom stereocenters. The van der Waals surface area contributed by atoms with E-state index in [1.165, 1.54) is 59.5 Å². The number of aromatic hydroxyl groups is 1. The van der Waals surface area contributed by atoms with Gasteiger partial charge >= 0.3 is 0 Å². The van der Waals surface area contributed by atoms with Gasteiger partial charge in [-0.25, -0.2) is 13.4 Å². The van der Waals surface area contributed by atoms with Crippen molar-refractivity contribution in [3.8, 4) is 5.75 Å². The van der Waals surface area contributed by atoms with Crippen molar-refractivity contribution in [2.75, 3.05) is 4.72 Å². The number of sulfonamides is 1. The molecule has 0 amide bonds. The maximum atomic E-state index is 12.8. The van der Waals surface area contributed by atoms with Crippen LogP contribution < -0.4 is 9.83 Å². The molecule has 152 valence electrons. The van der Waals surface area contributed by atoms with E-state index in [1.54, 1.807) is 0 Å². The number of phenols is 1. The summed E-state index contributed by atoms with van der Waals surface area (Å²) in [6, 6.07) is 16.7. The molecule has 1 aromatic heterocycles. The summed E-state index contributed by atoms with van der Waals surface area (Å²) in [6.45, 7) is 0. The third kappa shape index (κ3) is 4.25. The molecule has 0 bridgehead atoms. The van der Waals surface area contributed by atoms with E-state index in [2.05, 4.69) is 9.71 Å². The number of nitrogens with one attached hydrogen (secondary N) is 1. The van der Waals surface area contributed by atoms with Gasteiger partial charge < -0.3 is 15.0 Å². The summed E-state index contributed by atoms with van der Waals surface area (Å²) in [5.41, 5.74) is 0.815. The van der Waals surface area contributed by atoms with Crippen molar-refractivity contribution in [1.29, 1.82) is 0 Å². The van der Waals surface area contributed by atoms with Gasteiger partial charge in [0.15, 0.2) is 4.34 Å². The highest BCUT2D eigenvalue weighted by molar-refractivity contribution is 8.01. The number of benzene rings is 3. The zero-order valence-electron chi connectivity index (χ0n) is 15.1. The van der Waals surface area contributed by atoms with E-state index in [0.717, 1.165) is 16.3 Å². The largest absolute Gasteiger partial charge is 0.545 e. The number of carbonyl (C=O) groups excluding carboxylic acids is 1. The molecule has 30 heavy (non-hydrogen) atoms. The second-order valence-electron chi connectivity index (χ2n) is 6.15. The summed E-state index contributed by atoms with van der Waals surface area (Å²) in [4.78, 5) is 15.8. The zero-order chi connectivity index (χ0) is 21.3. The quantitative estimate of drug-likeness (QED) is 0.426. The van der Waals surface area contributed by atoms with Gasteiger partial charge in [-0.3, -0.25) is 4.72 Å². The number of hydrogen-bond donors (Lipinski definition) is 2. The Morgan fingerprint density at radius 3 is 2.63 bits per heavy atom. The van der Waals surface area contributed by atoms with Crippen LogP contribution >= 0.6 is 23.1 Å². The molecule has 0 saturated carbocycles. The van der Waals surface area contributed by atoms with E-state index in [0.29, 0.717) is 9.24 Å². The third-order valence-electron chi connectivity index (χ3n) is 4.06. The van der Waals surface area contributed by atoms with Gasteiger partial charge in [-0.15, -0.1) is 11.3 Å². The Balaban J connectivity index is 1.67. The number of nitrogens with zero attached hydrogens (tertiary/aromatic N) is 1. The number of aromatic nitrogens is 1. The van der Waals surface area contributed by atoms with Crippen molar-refractivity contribution >= 4 is 55.0 Å². The molecular weight excluding hydrogens is 444 g/mol. The first-order chi connectivity index (χ1) is 14.3. The van der Waals surface area contributed by atoms with Crippen LogP contribution in [-0.4, -0.2) is 24.5 Å². The number of carbonyl (C=O) groups is 1. The van der Waals surface area contributed by atoms with E-state index in [1.807, 2.05) is 24.3 Å². The van der Waals surface area contributed by atoms with Crippen molar-refractivity contribution in [3.05, 3.63) is 72.3 Å². The van der Waals surface area contributed by atoms with Crippen molar-refractivity contribution in [2.45, 2.75) is 14.1 Å². The lowest BCUT2D eigenvalue weighted by Gasteiger charge is -2.13. The standard InChI is InChI=1S/C20H14N2O5S3/c23-13-8-9-16(22-30(26,27)14-5-3-4-12(10-14)19(24)25)18(11-13)29-20-21-15-6-1-2-7-17(15)28-20/h1-11,22-23H,(H,24,25)/p-1. The SMILES string of the molecule is O=C([O-])c1cccc(S(=O)(=O)Nc2ccc(O)cc2Sc2nc3ccccc3s2)c1. The fourth-order valence-corrected chi connectivity index (χ4v) is 6.00. The highest BCUT2D eigenvalue weighted by Crippen LogP contribution is 2.40. The number of anilines is 1. The van der Waals surface area contributed by atoms with Crippen LogP contribution in [0.4, 0.5) is 5.69 Å². The van der Waals surface area contributed by atoms with E-state index < -0.39 is 16.0 Å². The molecule has 0 aliphatic heterocycles. The predicted octanol–water partition coefficient (Wildman–Crippen LogP) is 3.32. The molecule has 0 atom stereocenters. The Morgan fingerprint density at radius 2 is 1.87 bits per heavy atom. The van der Waals surface area contributed by atoms with Gasteiger partial charge in [0.2, 0.25) is 0 Å². The summed E-state index contributed by atoms with van der Waals surface area (Å²) in [5.74, 6) is -1.50. The van der Waals surface area contributed by atoms with Crippen molar-refractivity contribution in [2.24, 2.45) is 0 Å². The van der Waals surface area contributed by atoms with Gasteiger partial charge in [-0.2, -0.15) is 0 Å². The van der Waals surface area contributed by atoms with E-state index in [9.17, 15) is 23.4 Å². The fraction of sp³-hybridized carbons (Fsp3) is 0. The summed E-state index contributed by atoms with van der Waals surface area (Å²) in [5, 5.41) is 20.9. The summed E-state index contributed by atoms with van der Waals surface area (Å²) in [6.07, 6.45) is 0. The Morgan fingerprint density at radius 1 is 1.07 bits per heavy atom. The van der Waals surface area contributed by atoms with Crippen LogP contribution in [0, 0.1) is 0 Å². The second-order valence-corrected chi connectivity index (χ2v) is 10.2. The highest BCUT2D eigenvalue weighted by Gasteiger charge is 2.18. The minimum Gasteiger partial charge on any atom is -0.545 e. The van der Waals surface area contributed by atoms with Crippen LogP contribution in [0.2, 0.25) is 0 Å². The topological polar surface area (TPSA) is 119 Å². The maximum absolute atomic E-state index is 12.8. The smallest absolute Gasteiger partial charge is 0.261 e. The Kier molecular flexibility index (Phi) is 5.37. The number of carboxylic acids is 1. The van der Waals surface area contributed by atoms with Gasteiger partial charge in [0.1, 0.15) is 5.75 Å². The Labute approximate surface area is 180 Å². The van der Waals surface area contributed by atoms with Crippen molar-refractivity contribution < 1.29 is 23.4 Å². The van der Waals surface area contributed by atoms with Crippen LogP contribution in [-0.2, 0) is 10.0 Å². The molecule has 0 radical (unpaired) electrons. The van der Waals surface area contributed by atoms with E-state index in [-0.39, 0.29) is 21.9 Å². The molecule has 1 heterocycles. The molecule has 2 N–H and O–H groups in total. The predicted molar refractivity (Wildman–Crippen MR) is 113 cm³/mol. The first-order valence-corrected chi connectivity index (χ1v) is 11.6. The minimum absolute atomic E-state index is 0.0273. The summed E-state index contributed by atoms with van der Waals surface area (Å²) in [7, 11) is -4.07. The van der Waals surface area contributed by atoms with Crippen LogP contribution in [0.1, 0.15) is 10.4 Å². The number of rotatable bonds is 6. The molecule has 0 saturated heterocycles. The van der Waals surface area contributed by atoms with Gasteiger partial charge in [-0.05, 0) is 48.0 Å². The first kappa shape index (κ1) is 20.2. The summed E-state index contributed by atoms with van der Waals surface area (Å²) < 4.78 is 29.7. The number of para-hydroxylation sites is 1. The maximum Gasteiger partial charge on any atom is 0.261 e. The molecule has 7 nitrogen and oxygen atoms in total. The summed E-state index contributed by atoms with van der Waals surface area (Å²) >= 11 is 2.66. The van der Waals surface area contributed by atoms with Crippen LogP contribution in [0.15, 0.2) is 80.9 Å². The lowest BCUT2D eigenvalue weighted by Crippen LogP contribution is -2.23. The van der Waals surface area contributed by atoms with Crippen LogP contribution in [0.3, 0.4) is 0 Å². The van der Waals surface area contributed by atoms with Gasteiger partial charge in [-0.1, -0.05) is 36.0 Å². The third-order valence-corrected chi connectivity index (χ3v) is 7.58. The van der Waals surface area contributed by atoms with Gasteiger partial charge in [0.05, 0.1) is 26.8 Å². The number of aromatic carboxylic acids is 1. The molecular formula is C20H13N2O5S3-. The Bertz CT molecular complexity index is 1330. The molecule has 0 fully saturated rings. The van der Waals surface area contributed by atoms with Crippen LogP contribution in [0.25, 0.3) is 10.2 Å². The number of thiazole rings is 1. The number of hydrogen-bond acceptors (Lipinski definition) is 8. The molecule has 3 aromatic carbocycles. The monoisotopic (exact) mass is 457 g/mol. The van der Waals surface area contributed by atoms with E-state index in [4.69, 9.17) is 0 Å². The fourth-order valence-electron chi connectivity index (χ4n) is 2.66. The number of phenolic OH excluding ortho intramolecular Hbond substituents is 1. The van der Waals surface area contributed by atoms with Crippen molar-refractivity contribution in [3.63, 3.8) is 0 Å². The highest BCUT2D eigenvalue weighted by atomic mass is 32.2. The zero-order valence-corrected chi connectivity index (χ0v) is 17.6. The average molecular weight is 458 g/mol. The molecule has 10 heteroatoms. The van der Waals surface area contributed by atoms with Gasteiger partial charge in [0.25, 0.3) is 10.0 Å². The van der Waals surface area contributed by atoms with E-state index >= 15 is 0 Å². The number of fused-ring (bicyclic) bond motifs is 1. The average Bonchev–Trinajstić information content (AvgIpc) is 3.12. The Hall–Kier alpha value is -3.08. The normalized spacial score (nSPS) is 11.5.